The number of carbonyl (C=O) groups is 2. The third-order valence-electron chi connectivity index (χ3n) is 5.90. The molecule has 10 heteroatoms. The number of nitrogens with one attached hydrogen (secondary N) is 1. The van der Waals surface area contributed by atoms with E-state index in [9.17, 15) is 9.59 Å². The summed E-state index contributed by atoms with van der Waals surface area (Å²) in [4.78, 5) is 36.9. The van der Waals surface area contributed by atoms with Gasteiger partial charge < -0.3 is 24.4 Å². The third kappa shape index (κ3) is 5.08. The van der Waals surface area contributed by atoms with Gasteiger partial charge in [0.15, 0.2) is 5.17 Å². The summed E-state index contributed by atoms with van der Waals surface area (Å²) in [6.07, 6.45) is 2.33. The van der Waals surface area contributed by atoms with Gasteiger partial charge in [-0.1, -0.05) is 24.8 Å². The number of nitrogens with zero attached hydrogens (tertiary/aromatic N) is 3. The number of methoxy groups -OCH3 is 3. The molecule has 36 heavy (non-hydrogen) atoms. The van der Waals surface area contributed by atoms with Crippen LogP contribution in [0.5, 0.6) is 11.5 Å². The number of ether oxygens (including phenoxy) is 3. The number of hydrogen-bond acceptors (Lipinski definition) is 9. The number of carbonyl (C=O) groups excluding carboxylic acids is 2. The lowest BCUT2D eigenvalue weighted by molar-refractivity contribution is -0.136. The van der Waals surface area contributed by atoms with Gasteiger partial charge in [-0.2, -0.15) is 0 Å². The lowest BCUT2D eigenvalue weighted by atomic mass is 9.92. The number of rotatable bonds is 9. The van der Waals surface area contributed by atoms with Crippen molar-refractivity contribution in [2.24, 2.45) is 4.99 Å². The number of esters is 1. The monoisotopic (exact) mass is 508 g/mol. The van der Waals surface area contributed by atoms with Crippen molar-refractivity contribution in [3.63, 3.8) is 0 Å². The van der Waals surface area contributed by atoms with Crippen molar-refractivity contribution in [2.45, 2.75) is 32.4 Å². The van der Waals surface area contributed by atoms with Crippen molar-refractivity contribution in [3.8, 4) is 11.5 Å². The Labute approximate surface area is 214 Å². The standard InChI is InChI=1S/C26H28N4O5S/c1-5-20-23(25(32)35-4)24(19-10-9-18(33-2)13-21(19)34-3)30-17(15-36-26(30)29-20)12-22(31)28-14-16-8-6-7-11-27-16/h6-11,13,15,24H,5,12,14H2,1-4H3,(H,28,31). The Hall–Kier alpha value is -3.79. The van der Waals surface area contributed by atoms with E-state index in [1.165, 1.54) is 18.9 Å². The normalized spacial score (nSPS) is 16.7. The highest BCUT2D eigenvalue weighted by Gasteiger charge is 2.42. The maximum absolute atomic E-state index is 13.1. The van der Waals surface area contributed by atoms with Gasteiger partial charge in [0.05, 0.1) is 57.3 Å². The van der Waals surface area contributed by atoms with Crippen LogP contribution in [-0.2, 0) is 20.9 Å². The summed E-state index contributed by atoms with van der Waals surface area (Å²) in [5.41, 5.74) is 3.27. The summed E-state index contributed by atoms with van der Waals surface area (Å²) in [6, 6.07) is 10.4. The topological polar surface area (TPSA) is 102 Å². The molecule has 0 fully saturated rings. The summed E-state index contributed by atoms with van der Waals surface area (Å²) in [6.45, 7) is 2.27. The van der Waals surface area contributed by atoms with Crippen molar-refractivity contribution in [3.05, 3.63) is 76.2 Å². The summed E-state index contributed by atoms with van der Waals surface area (Å²) in [5.74, 6) is 0.529. The molecule has 1 aromatic carbocycles. The first-order valence-electron chi connectivity index (χ1n) is 11.4. The second-order valence-corrected chi connectivity index (χ2v) is 8.82. The van der Waals surface area contributed by atoms with Gasteiger partial charge in [-0.15, -0.1) is 0 Å². The highest BCUT2D eigenvalue weighted by atomic mass is 32.2. The molecule has 1 unspecified atom stereocenters. The number of benzene rings is 1. The minimum absolute atomic E-state index is 0.101. The van der Waals surface area contributed by atoms with Gasteiger partial charge in [-0.05, 0) is 36.1 Å². The first-order chi connectivity index (χ1) is 17.5. The Bertz CT molecular complexity index is 1240. The molecule has 1 amide bonds. The van der Waals surface area contributed by atoms with E-state index in [0.717, 1.165) is 17.0 Å². The van der Waals surface area contributed by atoms with Gasteiger partial charge in [-0.3, -0.25) is 9.78 Å². The molecule has 188 valence electrons. The average molecular weight is 509 g/mol. The van der Waals surface area contributed by atoms with Crippen LogP contribution in [-0.4, -0.2) is 48.3 Å². The molecule has 2 aliphatic heterocycles. The van der Waals surface area contributed by atoms with Gasteiger partial charge >= 0.3 is 5.97 Å². The van der Waals surface area contributed by atoms with Gasteiger partial charge in [0, 0.05) is 23.5 Å². The number of pyridine rings is 1. The van der Waals surface area contributed by atoms with Crippen molar-refractivity contribution in [2.75, 3.05) is 21.3 Å². The zero-order valence-electron chi connectivity index (χ0n) is 20.6. The summed E-state index contributed by atoms with van der Waals surface area (Å²) in [5, 5.41) is 5.50. The van der Waals surface area contributed by atoms with E-state index in [0.29, 0.717) is 40.9 Å². The molecule has 0 saturated carbocycles. The largest absolute Gasteiger partial charge is 0.497 e. The van der Waals surface area contributed by atoms with E-state index in [1.54, 1.807) is 26.5 Å². The maximum Gasteiger partial charge on any atom is 0.338 e. The molecule has 4 rings (SSSR count). The van der Waals surface area contributed by atoms with Crippen LogP contribution in [0, 0.1) is 0 Å². The SMILES string of the molecule is CCC1=C(C(=O)OC)C(c2ccc(OC)cc2OC)N2C(CC(=O)NCc3ccccn3)=CSC2=N1. The lowest BCUT2D eigenvalue weighted by Gasteiger charge is -2.37. The fourth-order valence-corrected chi connectivity index (χ4v) is 5.11. The number of aliphatic imine (C=N–C) groups is 1. The van der Waals surface area contributed by atoms with Crippen molar-refractivity contribution in [1.82, 2.24) is 15.2 Å². The number of thioether (sulfide) groups is 1. The molecule has 2 aliphatic rings. The summed E-state index contributed by atoms with van der Waals surface area (Å²) >= 11 is 1.42. The number of fused-ring (bicyclic) bond motifs is 1. The van der Waals surface area contributed by atoms with Crippen LogP contribution in [0.1, 0.15) is 37.1 Å². The van der Waals surface area contributed by atoms with Crippen LogP contribution < -0.4 is 14.8 Å². The zero-order chi connectivity index (χ0) is 25.7. The first-order valence-corrected chi connectivity index (χ1v) is 12.3. The van der Waals surface area contributed by atoms with Gasteiger partial charge in [0.2, 0.25) is 5.91 Å². The number of hydrogen-bond donors (Lipinski definition) is 1. The highest BCUT2D eigenvalue weighted by Crippen LogP contribution is 2.48. The smallest absolute Gasteiger partial charge is 0.338 e. The van der Waals surface area contributed by atoms with E-state index in [-0.39, 0.29) is 12.3 Å². The van der Waals surface area contributed by atoms with Crippen LogP contribution in [0.4, 0.5) is 0 Å². The van der Waals surface area contributed by atoms with Crippen molar-refractivity contribution >= 4 is 28.8 Å². The fraction of sp³-hybridized carbons (Fsp3) is 0.308. The van der Waals surface area contributed by atoms with Crippen LogP contribution >= 0.6 is 11.8 Å². The Balaban J connectivity index is 1.70. The molecule has 0 aliphatic carbocycles. The predicted molar refractivity (Wildman–Crippen MR) is 137 cm³/mol. The molecule has 3 heterocycles. The minimum Gasteiger partial charge on any atom is -0.497 e. The minimum atomic E-state index is -0.592. The van der Waals surface area contributed by atoms with Crippen LogP contribution in [0.15, 0.2) is 70.0 Å². The molecule has 1 N–H and O–H groups in total. The summed E-state index contributed by atoms with van der Waals surface area (Å²) < 4.78 is 16.2. The fourth-order valence-electron chi connectivity index (χ4n) is 4.17. The van der Waals surface area contributed by atoms with E-state index in [4.69, 9.17) is 19.2 Å². The quantitative estimate of drug-likeness (QED) is 0.508. The zero-order valence-corrected chi connectivity index (χ0v) is 21.4. The van der Waals surface area contributed by atoms with Gasteiger partial charge in [0.1, 0.15) is 11.5 Å². The Kier molecular flexibility index (Phi) is 7.94. The number of amidine groups is 1. The van der Waals surface area contributed by atoms with Gasteiger partial charge in [-0.25, -0.2) is 9.79 Å². The van der Waals surface area contributed by atoms with Crippen LogP contribution in [0.2, 0.25) is 0 Å². The molecule has 0 spiro atoms. The maximum atomic E-state index is 13.1. The van der Waals surface area contributed by atoms with E-state index < -0.39 is 12.0 Å². The number of amides is 1. The average Bonchev–Trinajstić information content (AvgIpc) is 3.32. The molecular weight excluding hydrogens is 480 g/mol. The van der Waals surface area contributed by atoms with Crippen LogP contribution in [0.25, 0.3) is 0 Å². The van der Waals surface area contributed by atoms with E-state index in [2.05, 4.69) is 10.3 Å². The first kappa shape index (κ1) is 25.3. The van der Waals surface area contributed by atoms with Crippen molar-refractivity contribution in [1.29, 1.82) is 0 Å². The number of aromatic nitrogens is 1. The molecular formula is C26H28N4O5S. The molecule has 9 nitrogen and oxygen atoms in total. The summed E-state index contributed by atoms with van der Waals surface area (Å²) in [7, 11) is 4.50. The number of allylic oxidation sites excluding steroid dienone is 1. The Morgan fingerprint density at radius 3 is 2.64 bits per heavy atom. The van der Waals surface area contributed by atoms with E-state index >= 15 is 0 Å². The Morgan fingerprint density at radius 1 is 1.14 bits per heavy atom. The van der Waals surface area contributed by atoms with Crippen LogP contribution in [0.3, 0.4) is 0 Å². The second-order valence-electron chi connectivity index (χ2n) is 7.98. The molecule has 1 aromatic heterocycles. The Morgan fingerprint density at radius 2 is 1.97 bits per heavy atom. The molecule has 0 bridgehead atoms. The molecule has 2 aromatic rings. The molecule has 0 radical (unpaired) electrons. The highest BCUT2D eigenvalue weighted by molar-refractivity contribution is 8.16. The van der Waals surface area contributed by atoms with Crippen molar-refractivity contribution < 1.29 is 23.8 Å². The van der Waals surface area contributed by atoms with Gasteiger partial charge in [0.25, 0.3) is 0 Å². The lowest BCUT2D eigenvalue weighted by Crippen LogP contribution is -2.38. The second kappa shape index (κ2) is 11.3. The third-order valence-corrected chi connectivity index (χ3v) is 6.79. The molecule has 1 atom stereocenters. The van der Waals surface area contributed by atoms with E-state index in [1.807, 2.05) is 47.6 Å². The predicted octanol–water partition coefficient (Wildman–Crippen LogP) is 3.94. The molecule has 0 saturated heterocycles.